The number of rotatable bonds is 5. The van der Waals surface area contributed by atoms with Gasteiger partial charge in [0.2, 0.25) is 0 Å². The minimum atomic E-state index is -4.24. The maximum absolute atomic E-state index is 12.1. The Balaban J connectivity index is 2.51. The zero-order valence-electron chi connectivity index (χ0n) is 7.87. The molecule has 0 atom stereocenters. The van der Waals surface area contributed by atoms with Gasteiger partial charge < -0.3 is 5.11 Å². The molecule has 0 aliphatic rings. The molecular formula is C8H11F3N2OS. The third kappa shape index (κ3) is 5.10. The van der Waals surface area contributed by atoms with E-state index >= 15 is 0 Å². The lowest BCUT2D eigenvalue weighted by atomic mass is 10.4. The van der Waals surface area contributed by atoms with Gasteiger partial charge in [-0.2, -0.15) is 13.2 Å². The van der Waals surface area contributed by atoms with Gasteiger partial charge in [-0.1, -0.05) is 0 Å². The molecule has 0 bridgehead atoms. The summed E-state index contributed by atoms with van der Waals surface area (Å²) in [6.45, 7) is -1.20. The van der Waals surface area contributed by atoms with Crippen LogP contribution < -0.4 is 0 Å². The highest BCUT2D eigenvalue weighted by molar-refractivity contribution is 7.07. The van der Waals surface area contributed by atoms with Gasteiger partial charge in [0, 0.05) is 18.5 Å². The summed E-state index contributed by atoms with van der Waals surface area (Å²) in [6, 6.07) is 0. The molecule has 0 aromatic carbocycles. The van der Waals surface area contributed by atoms with Crippen LogP contribution in [0.25, 0.3) is 0 Å². The van der Waals surface area contributed by atoms with Crippen LogP contribution in [0.1, 0.15) is 5.69 Å². The number of aliphatic hydroxyl groups is 1. The van der Waals surface area contributed by atoms with E-state index in [2.05, 4.69) is 4.98 Å². The molecular weight excluding hydrogens is 229 g/mol. The van der Waals surface area contributed by atoms with Gasteiger partial charge in [-0.3, -0.25) is 4.90 Å². The Morgan fingerprint density at radius 2 is 2.20 bits per heavy atom. The van der Waals surface area contributed by atoms with E-state index in [-0.39, 0.29) is 19.7 Å². The zero-order chi connectivity index (χ0) is 11.3. The predicted molar refractivity (Wildman–Crippen MR) is 50.5 cm³/mol. The maximum Gasteiger partial charge on any atom is 0.401 e. The number of hydrogen-bond donors (Lipinski definition) is 1. The van der Waals surface area contributed by atoms with Gasteiger partial charge in [0.1, 0.15) is 0 Å². The van der Waals surface area contributed by atoms with Gasteiger partial charge >= 0.3 is 6.18 Å². The molecule has 0 spiro atoms. The van der Waals surface area contributed by atoms with Crippen LogP contribution in [0, 0.1) is 0 Å². The van der Waals surface area contributed by atoms with E-state index in [1.807, 2.05) is 0 Å². The molecule has 1 heterocycles. The van der Waals surface area contributed by atoms with Crippen LogP contribution >= 0.6 is 11.3 Å². The molecule has 86 valence electrons. The first-order valence-electron chi connectivity index (χ1n) is 4.28. The molecule has 0 radical (unpaired) electrons. The van der Waals surface area contributed by atoms with Crippen molar-refractivity contribution in [3.05, 3.63) is 16.6 Å². The number of aromatic nitrogens is 1. The van der Waals surface area contributed by atoms with Crippen LogP contribution in [-0.4, -0.2) is 40.9 Å². The first-order chi connectivity index (χ1) is 7.01. The summed E-state index contributed by atoms with van der Waals surface area (Å²) in [4.78, 5) is 5.02. The highest BCUT2D eigenvalue weighted by Gasteiger charge is 2.30. The van der Waals surface area contributed by atoms with Crippen molar-refractivity contribution in [3.8, 4) is 0 Å². The van der Waals surface area contributed by atoms with E-state index in [1.54, 1.807) is 10.9 Å². The SMILES string of the molecule is OCCN(Cc1cscn1)CC(F)(F)F. The van der Waals surface area contributed by atoms with Gasteiger partial charge in [0.15, 0.2) is 0 Å². The number of halogens is 3. The first-order valence-corrected chi connectivity index (χ1v) is 5.22. The fraction of sp³-hybridized carbons (Fsp3) is 0.625. The predicted octanol–water partition coefficient (Wildman–Crippen LogP) is 1.50. The fourth-order valence-electron chi connectivity index (χ4n) is 1.15. The average Bonchev–Trinajstić information content (AvgIpc) is 2.54. The summed E-state index contributed by atoms with van der Waals surface area (Å²) in [5.74, 6) is 0. The Bertz CT molecular complexity index is 276. The molecule has 1 N–H and O–H groups in total. The van der Waals surface area contributed by atoms with Crippen LogP contribution in [0.3, 0.4) is 0 Å². The third-order valence-electron chi connectivity index (χ3n) is 1.69. The molecule has 7 heteroatoms. The van der Waals surface area contributed by atoms with Crippen molar-refractivity contribution < 1.29 is 18.3 Å². The Hall–Kier alpha value is -0.660. The number of thiazole rings is 1. The van der Waals surface area contributed by atoms with Gasteiger partial charge in [-0.05, 0) is 0 Å². The fourth-order valence-corrected chi connectivity index (χ4v) is 1.70. The summed E-state index contributed by atoms with van der Waals surface area (Å²) < 4.78 is 36.3. The molecule has 0 saturated heterocycles. The van der Waals surface area contributed by atoms with Gasteiger partial charge in [0.05, 0.1) is 24.4 Å². The lowest BCUT2D eigenvalue weighted by Crippen LogP contribution is -2.35. The summed E-state index contributed by atoms with van der Waals surface area (Å²) in [5, 5.41) is 10.3. The summed E-state index contributed by atoms with van der Waals surface area (Å²) >= 11 is 1.34. The standard InChI is InChI=1S/C8H11F3N2OS/c9-8(10,11)5-13(1-2-14)3-7-4-15-6-12-7/h4,6,14H,1-3,5H2. The summed E-state index contributed by atoms with van der Waals surface area (Å²) in [6.07, 6.45) is -4.24. The molecule has 0 amide bonds. The quantitative estimate of drug-likeness (QED) is 0.847. The van der Waals surface area contributed by atoms with E-state index in [1.165, 1.54) is 11.3 Å². The lowest BCUT2D eigenvalue weighted by molar-refractivity contribution is -0.148. The van der Waals surface area contributed by atoms with Crippen LogP contribution in [0.5, 0.6) is 0 Å². The van der Waals surface area contributed by atoms with Crippen molar-refractivity contribution in [3.63, 3.8) is 0 Å². The van der Waals surface area contributed by atoms with Gasteiger partial charge in [-0.25, -0.2) is 4.98 Å². The lowest BCUT2D eigenvalue weighted by Gasteiger charge is -2.21. The average molecular weight is 240 g/mol. The maximum atomic E-state index is 12.1. The monoisotopic (exact) mass is 240 g/mol. The van der Waals surface area contributed by atoms with Gasteiger partial charge in [-0.15, -0.1) is 11.3 Å². The van der Waals surface area contributed by atoms with Crippen LogP contribution in [-0.2, 0) is 6.54 Å². The van der Waals surface area contributed by atoms with Crippen molar-refractivity contribution in [2.45, 2.75) is 12.7 Å². The molecule has 15 heavy (non-hydrogen) atoms. The third-order valence-corrected chi connectivity index (χ3v) is 2.32. The van der Waals surface area contributed by atoms with E-state index in [9.17, 15) is 13.2 Å². The minimum Gasteiger partial charge on any atom is -0.395 e. The van der Waals surface area contributed by atoms with Crippen LogP contribution in [0.2, 0.25) is 0 Å². The molecule has 1 rings (SSSR count). The largest absolute Gasteiger partial charge is 0.401 e. The Morgan fingerprint density at radius 3 is 2.67 bits per heavy atom. The molecule has 0 unspecified atom stereocenters. The minimum absolute atomic E-state index is 0.00294. The van der Waals surface area contributed by atoms with Crippen molar-refractivity contribution in [1.29, 1.82) is 0 Å². The highest BCUT2D eigenvalue weighted by Crippen LogP contribution is 2.17. The second kappa shape index (κ2) is 5.43. The van der Waals surface area contributed by atoms with Crippen LogP contribution in [0.4, 0.5) is 13.2 Å². The first kappa shape index (κ1) is 12.4. The summed E-state index contributed by atoms with van der Waals surface area (Å²) in [5.41, 5.74) is 2.16. The zero-order valence-corrected chi connectivity index (χ0v) is 8.68. The molecule has 0 saturated carbocycles. The topological polar surface area (TPSA) is 36.4 Å². The Kier molecular flexibility index (Phi) is 4.49. The van der Waals surface area contributed by atoms with Crippen LogP contribution in [0.15, 0.2) is 10.9 Å². The second-order valence-electron chi connectivity index (χ2n) is 3.03. The molecule has 3 nitrogen and oxygen atoms in total. The van der Waals surface area contributed by atoms with E-state index < -0.39 is 12.7 Å². The summed E-state index contributed by atoms with van der Waals surface area (Å²) in [7, 11) is 0. The molecule has 0 fully saturated rings. The highest BCUT2D eigenvalue weighted by atomic mass is 32.1. The van der Waals surface area contributed by atoms with Crippen molar-refractivity contribution in [1.82, 2.24) is 9.88 Å². The van der Waals surface area contributed by atoms with Gasteiger partial charge in [0.25, 0.3) is 0 Å². The molecule has 0 aliphatic carbocycles. The van der Waals surface area contributed by atoms with E-state index in [4.69, 9.17) is 5.11 Å². The van der Waals surface area contributed by atoms with Crippen molar-refractivity contribution >= 4 is 11.3 Å². The Labute approximate surface area is 89.2 Å². The second-order valence-corrected chi connectivity index (χ2v) is 3.75. The number of nitrogens with zero attached hydrogens (tertiary/aromatic N) is 2. The van der Waals surface area contributed by atoms with Crippen molar-refractivity contribution in [2.24, 2.45) is 0 Å². The number of hydrogen-bond acceptors (Lipinski definition) is 4. The molecule has 0 aliphatic heterocycles. The molecule has 1 aromatic heterocycles. The van der Waals surface area contributed by atoms with Crippen molar-refractivity contribution in [2.75, 3.05) is 19.7 Å². The van der Waals surface area contributed by atoms with E-state index in [0.717, 1.165) is 4.90 Å². The Morgan fingerprint density at radius 1 is 1.47 bits per heavy atom. The van der Waals surface area contributed by atoms with E-state index in [0.29, 0.717) is 5.69 Å². The number of alkyl halides is 3. The normalized spacial score (nSPS) is 12.3. The smallest absolute Gasteiger partial charge is 0.395 e. The molecule has 1 aromatic rings. The number of aliphatic hydroxyl groups excluding tert-OH is 1.